The van der Waals surface area contributed by atoms with Gasteiger partial charge in [-0.25, -0.2) is 4.98 Å². The van der Waals surface area contributed by atoms with Gasteiger partial charge in [-0.05, 0) is 54.4 Å². The highest BCUT2D eigenvalue weighted by Gasteiger charge is 2.48. The topological polar surface area (TPSA) is 92.6 Å². The van der Waals surface area contributed by atoms with E-state index < -0.39 is 17.7 Å². The smallest absolute Gasteiger partial charge is 0.301 e. The van der Waals surface area contributed by atoms with Crippen molar-refractivity contribution >= 4 is 55.7 Å². The number of hydrogen-bond acceptors (Lipinski definition) is 7. The average molecular weight is 492 g/mol. The van der Waals surface area contributed by atoms with Gasteiger partial charge in [0.05, 0.1) is 39.5 Å². The van der Waals surface area contributed by atoms with Crippen molar-refractivity contribution in [1.29, 1.82) is 0 Å². The number of para-hydroxylation sites is 1. The predicted octanol–water partition coefficient (Wildman–Crippen LogP) is 5.29. The zero-order valence-corrected chi connectivity index (χ0v) is 19.7. The molecule has 1 aliphatic heterocycles. The SMILES string of the molecule is COc1c(Cl)cc(C)cc1/C(O)=C1\C(=O)C(=O)N(c2nc3ccccc3s2)C1c1ccncc1. The Hall–Kier alpha value is -3.75. The maximum absolute atomic E-state index is 13.4. The summed E-state index contributed by atoms with van der Waals surface area (Å²) in [7, 11) is 1.42. The number of fused-ring (bicyclic) bond motifs is 1. The number of methoxy groups -OCH3 is 1. The maximum atomic E-state index is 13.4. The molecule has 1 N–H and O–H groups in total. The number of ketones is 1. The molecule has 0 radical (unpaired) electrons. The van der Waals surface area contributed by atoms with Gasteiger partial charge in [-0.3, -0.25) is 19.5 Å². The number of pyridine rings is 1. The standard InChI is InChI=1S/C25H18ClN3O4S/c1-13-11-15(23(33-2)16(26)12-13)21(30)19-20(14-7-9-27-10-8-14)29(24(32)22(19)31)25-28-17-5-3-4-6-18(17)34-25/h3-12,20,30H,1-2H3/b21-19+. The van der Waals surface area contributed by atoms with Crippen LogP contribution in [0, 0.1) is 6.92 Å². The monoisotopic (exact) mass is 491 g/mol. The number of aliphatic hydroxyl groups excluding tert-OH is 1. The fraction of sp³-hybridized carbons (Fsp3) is 0.120. The molecule has 0 bridgehead atoms. The second-order valence-corrected chi connectivity index (χ2v) is 9.16. The molecule has 1 fully saturated rings. The molecule has 1 aliphatic rings. The van der Waals surface area contributed by atoms with Crippen LogP contribution in [-0.2, 0) is 9.59 Å². The molecule has 1 saturated heterocycles. The molecule has 7 nitrogen and oxygen atoms in total. The number of carbonyl (C=O) groups excluding carboxylic acids is 2. The summed E-state index contributed by atoms with van der Waals surface area (Å²) >= 11 is 7.63. The highest BCUT2D eigenvalue weighted by molar-refractivity contribution is 7.22. The molecule has 1 amide bonds. The lowest BCUT2D eigenvalue weighted by atomic mass is 9.95. The van der Waals surface area contributed by atoms with Gasteiger partial charge in [-0.1, -0.05) is 35.1 Å². The minimum Gasteiger partial charge on any atom is -0.507 e. The lowest BCUT2D eigenvalue weighted by Crippen LogP contribution is -2.29. The molecule has 1 unspecified atom stereocenters. The van der Waals surface area contributed by atoms with E-state index in [9.17, 15) is 14.7 Å². The van der Waals surface area contributed by atoms with E-state index in [0.29, 0.717) is 16.2 Å². The van der Waals surface area contributed by atoms with Crippen molar-refractivity contribution in [2.24, 2.45) is 0 Å². The summed E-state index contributed by atoms with van der Waals surface area (Å²) in [6.07, 6.45) is 3.13. The largest absolute Gasteiger partial charge is 0.507 e. The third-order valence-electron chi connectivity index (χ3n) is 5.60. The Bertz CT molecular complexity index is 1450. The Morgan fingerprint density at radius 1 is 1.15 bits per heavy atom. The number of aliphatic hydroxyl groups is 1. The molecule has 5 rings (SSSR count). The number of halogens is 1. The molecule has 0 spiro atoms. The van der Waals surface area contributed by atoms with Crippen LogP contribution >= 0.6 is 22.9 Å². The van der Waals surface area contributed by atoms with Crippen molar-refractivity contribution in [3.8, 4) is 5.75 Å². The zero-order valence-electron chi connectivity index (χ0n) is 18.2. The van der Waals surface area contributed by atoms with E-state index >= 15 is 0 Å². The van der Waals surface area contributed by atoms with Crippen LogP contribution in [0.15, 0.2) is 66.5 Å². The number of rotatable bonds is 4. The molecule has 9 heteroatoms. The van der Waals surface area contributed by atoms with E-state index in [1.807, 2.05) is 31.2 Å². The fourth-order valence-electron chi connectivity index (χ4n) is 4.11. The molecule has 0 aliphatic carbocycles. The Labute approximate surface area is 203 Å². The number of Topliss-reactive ketones (excluding diaryl/α,β-unsaturated/α-hetero) is 1. The zero-order chi connectivity index (χ0) is 24.0. The lowest BCUT2D eigenvalue weighted by Gasteiger charge is -2.23. The summed E-state index contributed by atoms with van der Waals surface area (Å²) < 4.78 is 6.29. The number of ether oxygens (including phenoxy) is 1. The Morgan fingerprint density at radius 2 is 1.88 bits per heavy atom. The number of amides is 1. The van der Waals surface area contributed by atoms with Crippen LogP contribution in [0.25, 0.3) is 16.0 Å². The minimum absolute atomic E-state index is 0.0737. The van der Waals surface area contributed by atoms with Crippen LogP contribution in [0.2, 0.25) is 5.02 Å². The van der Waals surface area contributed by atoms with Gasteiger partial charge in [0.2, 0.25) is 0 Å². The number of nitrogens with zero attached hydrogens (tertiary/aromatic N) is 3. The van der Waals surface area contributed by atoms with Gasteiger partial charge in [-0.15, -0.1) is 0 Å². The molecule has 3 heterocycles. The first-order valence-corrected chi connectivity index (χ1v) is 11.5. The second kappa shape index (κ2) is 8.55. The number of carbonyl (C=O) groups is 2. The van der Waals surface area contributed by atoms with Crippen LogP contribution in [-0.4, -0.2) is 33.9 Å². The van der Waals surface area contributed by atoms with E-state index in [2.05, 4.69) is 9.97 Å². The highest BCUT2D eigenvalue weighted by atomic mass is 35.5. The summed E-state index contributed by atoms with van der Waals surface area (Å²) in [6.45, 7) is 1.81. The number of thiazole rings is 1. The molecule has 1 atom stereocenters. The Balaban J connectivity index is 1.77. The first kappa shape index (κ1) is 22.1. The number of aryl methyl sites for hydroxylation is 1. The van der Waals surface area contributed by atoms with Crippen molar-refractivity contribution in [2.45, 2.75) is 13.0 Å². The van der Waals surface area contributed by atoms with Gasteiger partial charge in [0.15, 0.2) is 5.13 Å². The van der Waals surface area contributed by atoms with Crippen LogP contribution in [0.1, 0.15) is 22.7 Å². The van der Waals surface area contributed by atoms with Gasteiger partial charge >= 0.3 is 5.91 Å². The third kappa shape index (κ3) is 3.52. The normalized spacial score (nSPS) is 17.5. The second-order valence-electron chi connectivity index (χ2n) is 7.74. The minimum atomic E-state index is -0.910. The number of anilines is 1. The molecular weight excluding hydrogens is 474 g/mol. The molecule has 0 saturated carbocycles. The Morgan fingerprint density at radius 3 is 2.59 bits per heavy atom. The van der Waals surface area contributed by atoms with Crippen LogP contribution in [0.3, 0.4) is 0 Å². The van der Waals surface area contributed by atoms with Gasteiger partial charge in [0, 0.05) is 12.4 Å². The summed E-state index contributed by atoms with van der Waals surface area (Å²) in [5.74, 6) is -1.76. The number of hydrogen-bond donors (Lipinski definition) is 1. The summed E-state index contributed by atoms with van der Waals surface area (Å²) in [5, 5.41) is 12.1. The van der Waals surface area contributed by atoms with Crippen molar-refractivity contribution in [3.05, 3.63) is 88.2 Å². The van der Waals surface area contributed by atoms with E-state index in [0.717, 1.165) is 10.3 Å². The molecule has 2 aromatic carbocycles. The van der Waals surface area contributed by atoms with Crippen LogP contribution in [0.5, 0.6) is 5.75 Å². The van der Waals surface area contributed by atoms with E-state index in [4.69, 9.17) is 16.3 Å². The molecule has 170 valence electrons. The number of aromatic nitrogens is 2. The van der Waals surface area contributed by atoms with E-state index in [1.165, 1.54) is 23.3 Å². The van der Waals surface area contributed by atoms with Crippen molar-refractivity contribution in [2.75, 3.05) is 12.0 Å². The lowest BCUT2D eigenvalue weighted by molar-refractivity contribution is -0.132. The van der Waals surface area contributed by atoms with E-state index in [1.54, 1.807) is 36.7 Å². The first-order chi connectivity index (χ1) is 16.4. The fourth-order valence-corrected chi connectivity index (χ4v) is 5.45. The van der Waals surface area contributed by atoms with Crippen molar-refractivity contribution in [1.82, 2.24) is 9.97 Å². The van der Waals surface area contributed by atoms with Gasteiger partial charge < -0.3 is 9.84 Å². The molecule has 4 aromatic rings. The molecule has 34 heavy (non-hydrogen) atoms. The van der Waals surface area contributed by atoms with Crippen LogP contribution < -0.4 is 9.64 Å². The van der Waals surface area contributed by atoms with Crippen molar-refractivity contribution < 1.29 is 19.4 Å². The van der Waals surface area contributed by atoms with Gasteiger partial charge in [0.1, 0.15) is 11.5 Å². The quantitative estimate of drug-likeness (QED) is 0.237. The summed E-state index contributed by atoms with van der Waals surface area (Å²) in [5.41, 5.74) is 2.23. The average Bonchev–Trinajstić information content (AvgIpc) is 3.37. The first-order valence-electron chi connectivity index (χ1n) is 10.3. The van der Waals surface area contributed by atoms with Crippen molar-refractivity contribution in [3.63, 3.8) is 0 Å². The van der Waals surface area contributed by atoms with Gasteiger partial charge in [-0.2, -0.15) is 0 Å². The maximum Gasteiger partial charge on any atom is 0.301 e. The molecule has 2 aromatic heterocycles. The Kier molecular flexibility index (Phi) is 5.55. The van der Waals surface area contributed by atoms with Gasteiger partial charge in [0.25, 0.3) is 5.78 Å². The summed E-state index contributed by atoms with van der Waals surface area (Å²) in [4.78, 5) is 36.6. The molecular formula is C25H18ClN3O4S. The third-order valence-corrected chi connectivity index (χ3v) is 6.92. The predicted molar refractivity (Wildman–Crippen MR) is 131 cm³/mol. The van der Waals surface area contributed by atoms with Crippen LogP contribution in [0.4, 0.5) is 5.13 Å². The highest BCUT2D eigenvalue weighted by Crippen LogP contribution is 2.45. The van der Waals surface area contributed by atoms with E-state index in [-0.39, 0.29) is 27.7 Å². The number of benzene rings is 2. The summed E-state index contributed by atoms with van der Waals surface area (Å²) in [6, 6.07) is 13.3.